The normalized spacial score (nSPS) is 16.5. The standard InChI is InChI=1S/C10H15NS/c1-7-8(2)12-10-9(7)5-3-4-6-11-10/h11H,3-6H2,1-2H3. The highest BCUT2D eigenvalue weighted by molar-refractivity contribution is 7.16. The van der Waals surface area contributed by atoms with Gasteiger partial charge >= 0.3 is 0 Å². The molecule has 0 amide bonds. The molecule has 0 saturated carbocycles. The Morgan fingerprint density at radius 1 is 1.25 bits per heavy atom. The van der Waals surface area contributed by atoms with Crippen molar-refractivity contribution < 1.29 is 0 Å². The second kappa shape index (κ2) is 3.09. The lowest BCUT2D eigenvalue weighted by molar-refractivity contribution is 0.783. The number of rotatable bonds is 0. The van der Waals surface area contributed by atoms with Crippen LogP contribution in [-0.2, 0) is 6.42 Å². The summed E-state index contributed by atoms with van der Waals surface area (Å²) in [6.07, 6.45) is 3.94. The average molecular weight is 181 g/mol. The predicted molar refractivity (Wildman–Crippen MR) is 55.2 cm³/mol. The zero-order valence-electron chi connectivity index (χ0n) is 7.74. The first-order valence-electron chi connectivity index (χ1n) is 4.62. The van der Waals surface area contributed by atoms with E-state index >= 15 is 0 Å². The van der Waals surface area contributed by atoms with Crippen molar-refractivity contribution in [1.29, 1.82) is 0 Å². The van der Waals surface area contributed by atoms with Crippen molar-refractivity contribution in [3.05, 3.63) is 16.0 Å². The van der Waals surface area contributed by atoms with E-state index in [1.807, 2.05) is 11.3 Å². The van der Waals surface area contributed by atoms with Crippen LogP contribution < -0.4 is 5.32 Å². The lowest BCUT2D eigenvalue weighted by Crippen LogP contribution is -1.96. The van der Waals surface area contributed by atoms with E-state index in [-0.39, 0.29) is 0 Å². The van der Waals surface area contributed by atoms with Crippen LogP contribution in [0.5, 0.6) is 0 Å². The zero-order chi connectivity index (χ0) is 8.55. The molecule has 12 heavy (non-hydrogen) atoms. The SMILES string of the molecule is Cc1sc2c(c1C)CCCCN2. The molecular weight excluding hydrogens is 166 g/mol. The van der Waals surface area contributed by atoms with Gasteiger partial charge in [0, 0.05) is 11.4 Å². The summed E-state index contributed by atoms with van der Waals surface area (Å²) in [6, 6.07) is 0. The molecule has 0 aromatic carbocycles. The molecule has 0 atom stereocenters. The number of thiophene rings is 1. The average Bonchev–Trinajstić information content (AvgIpc) is 2.30. The molecule has 0 aliphatic carbocycles. The Hall–Kier alpha value is -0.500. The highest BCUT2D eigenvalue weighted by atomic mass is 32.1. The second-order valence-electron chi connectivity index (χ2n) is 3.47. The van der Waals surface area contributed by atoms with Gasteiger partial charge in [0.2, 0.25) is 0 Å². The lowest BCUT2D eigenvalue weighted by atomic mass is 10.1. The van der Waals surface area contributed by atoms with Crippen LogP contribution in [0.1, 0.15) is 28.8 Å². The van der Waals surface area contributed by atoms with Crippen LogP contribution in [-0.4, -0.2) is 6.54 Å². The minimum atomic E-state index is 1.16. The van der Waals surface area contributed by atoms with Crippen LogP contribution in [0, 0.1) is 13.8 Å². The van der Waals surface area contributed by atoms with Crippen molar-refractivity contribution in [2.45, 2.75) is 33.1 Å². The van der Waals surface area contributed by atoms with E-state index < -0.39 is 0 Å². The van der Waals surface area contributed by atoms with E-state index in [4.69, 9.17) is 0 Å². The van der Waals surface area contributed by atoms with E-state index in [0.29, 0.717) is 0 Å². The van der Waals surface area contributed by atoms with Gasteiger partial charge in [-0.15, -0.1) is 11.3 Å². The highest BCUT2D eigenvalue weighted by Gasteiger charge is 2.13. The molecule has 2 heterocycles. The molecule has 2 rings (SSSR count). The predicted octanol–water partition coefficient (Wildman–Crippen LogP) is 3.11. The summed E-state index contributed by atoms with van der Waals surface area (Å²) in [5, 5.41) is 4.94. The smallest absolute Gasteiger partial charge is 0.0920 e. The van der Waals surface area contributed by atoms with Crippen molar-refractivity contribution >= 4 is 16.3 Å². The van der Waals surface area contributed by atoms with Gasteiger partial charge in [0.25, 0.3) is 0 Å². The molecule has 1 nitrogen and oxygen atoms in total. The zero-order valence-corrected chi connectivity index (χ0v) is 8.55. The van der Waals surface area contributed by atoms with Gasteiger partial charge in [-0.05, 0) is 44.2 Å². The maximum absolute atomic E-state index is 3.51. The first-order valence-corrected chi connectivity index (χ1v) is 5.43. The molecule has 1 aromatic heterocycles. The first-order chi connectivity index (χ1) is 5.79. The molecule has 0 fully saturated rings. The third-order valence-corrected chi connectivity index (χ3v) is 3.86. The molecule has 2 heteroatoms. The largest absolute Gasteiger partial charge is 0.377 e. The number of anilines is 1. The van der Waals surface area contributed by atoms with Gasteiger partial charge in [-0.2, -0.15) is 0 Å². The van der Waals surface area contributed by atoms with Gasteiger partial charge in [0.1, 0.15) is 0 Å². The van der Waals surface area contributed by atoms with Crippen molar-refractivity contribution in [3.63, 3.8) is 0 Å². The highest BCUT2D eigenvalue weighted by Crippen LogP contribution is 2.34. The molecule has 1 N–H and O–H groups in total. The van der Waals surface area contributed by atoms with E-state index in [1.54, 1.807) is 5.56 Å². The number of aryl methyl sites for hydroxylation is 1. The molecule has 66 valence electrons. The molecule has 0 bridgehead atoms. The molecule has 0 spiro atoms. The summed E-state index contributed by atoms with van der Waals surface area (Å²) in [7, 11) is 0. The number of hydrogen-bond donors (Lipinski definition) is 1. The van der Waals surface area contributed by atoms with Crippen molar-refractivity contribution in [2.24, 2.45) is 0 Å². The third kappa shape index (κ3) is 1.24. The van der Waals surface area contributed by atoms with Crippen LogP contribution in [0.25, 0.3) is 0 Å². The summed E-state index contributed by atoms with van der Waals surface area (Å²) in [6.45, 7) is 5.63. The molecule has 1 aliphatic heterocycles. The third-order valence-electron chi connectivity index (χ3n) is 2.65. The van der Waals surface area contributed by atoms with Crippen molar-refractivity contribution in [3.8, 4) is 0 Å². The molecule has 0 unspecified atom stereocenters. The Morgan fingerprint density at radius 3 is 2.92 bits per heavy atom. The van der Waals surface area contributed by atoms with Crippen LogP contribution in [0.2, 0.25) is 0 Å². The first kappa shape index (κ1) is 8.11. The van der Waals surface area contributed by atoms with Crippen LogP contribution >= 0.6 is 11.3 Å². The van der Waals surface area contributed by atoms with E-state index in [0.717, 1.165) is 6.54 Å². The maximum atomic E-state index is 3.51. The van der Waals surface area contributed by atoms with Crippen LogP contribution in [0.4, 0.5) is 5.00 Å². The fourth-order valence-corrected chi connectivity index (χ4v) is 2.88. The number of fused-ring (bicyclic) bond motifs is 1. The summed E-state index contributed by atoms with van der Waals surface area (Å²) >= 11 is 1.92. The Kier molecular flexibility index (Phi) is 2.09. The molecule has 1 aliphatic rings. The molecule has 1 aromatic rings. The molecule has 0 radical (unpaired) electrons. The van der Waals surface area contributed by atoms with Gasteiger partial charge in [-0.3, -0.25) is 0 Å². The van der Waals surface area contributed by atoms with Gasteiger partial charge in [0.05, 0.1) is 5.00 Å². The summed E-state index contributed by atoms with van der Waals surface area (Å²) < 4.78 is 0. The molecular formula is C10H15NS. The van der Waals surface area contributed by atoms with Crippen molar-refractivity contribution in [2.75, 3.05) is 11.9 Å². The second-order valence-corrected chi connectivity index (χ2v) is 4.70. The van der Waals surface area contributed by atoms with Gasteiger partial charge in [-0.1, -0.05) is 0 Å². The minimum Gasteiger partial charge on any atom is -0.377 e. The summed E-state index contributed by atoms with van der Waals surface area (Å²) in [5.41, 5.74) is 3.10. The quantitative estimate of drug-likeness (QED) is 0.648. The van der Waals surface area contributed by atoms with Gasteiger partial charge in [-0.25, -0.2) is 0 Å². The number of hydrogen-bond acceptors (Lipinski definition) is 2. The maximum Gasteiger partial charge on any atom is 0.0920 e. The Labute approximate surface area is 77.8 Å². The molecule has 0 saturated heterocycles. The van der Waals surface area contributed by atoms with E-state index in [1.165, 1.54) is 34.7 Å². The Morgan fingerprint density at radius 2 is 2.08 bits per heavy atom. The van der Waals surface area contributed by atoms with E-state index in [9.17, 15) is 0 Å². The van der Waals surface area contributed by atoms with E-state index in [2.05, 4.69) is 19.2 Å². The fourth-order valence-electron chi connectivity index (χ4n) is 1.75. The van der Waals surface area contributed by atoms with Crippen LogP contribution in [0.15, 0.2) is 0 Å². The fraction of sp³-hybridized carbons (Fsp3) is 0.600. The Bertz CT molecular complexity index is 288. The topological polar surface area (TPSA) is 12.0 Å². The van der Waals surface area contributed by atoms with Gasteiger partial charge in [0.15, 0.2) is 0 Å². The van der Waals surface area contributed by atoms with Crippen LogP contribution in [0.3, 0.4) is 0 Å². The van der Waals surface area contributed by atoms with Gasteiger partial charge < -0.3 is 5.32 Å². The summed E-state index contributed by atoms with van der Waals surface area (Å²) in [5.74, 6) is 0. The minimum absolute atomic E-state index is 1.16. The lowest BCUT2D eigenvalue weighted by Gasteiger charge is -1.99. The monoisotopic (exact) mass is 181 g/mol. The number of nitrogens with one attached hydrogen (secondary N) is 1. The Balaban J connectivity index is 2.42. The van der Waals surface area contributed by atoms with Crippen molar-refractivity contribution in [1.82, 2.24) is 0 Å². The summed E-state index contributed by atoms with van der Waals surface area (Å²) in [4.78, 5) is 1.48.